The predicted octanol–water partition coefficient (Wildman–Crippen LogP) is 3.68. The van der Waals surface area contributed by atoms with Crippen molar-refractivity contribution in [3.8, 4) is 11.5 Å². The summed E-state index contributed by atoms with van der Waals surface area (Å²) in [6.45, 7) is 6.80. The molecule has 1 aliphatic rings. The van der Waals surface area contributed by atoms with Crippen LogP contribution < -0.4 is 14.8 Å². The zero-order valence-electron chi connectivity index (χ0n) is 19.1. The molecule has 1 saturated heterocycles. The number of carbonyl (C=O) groups is 1. The molecule has 7 nitrogen and oxygen atoms in total. The number of hydrogen-bond donors (Lipinski definition) is 1. The molecule has 1 fully saturated rings. The Morgan fingerprint density at radius 2 is 1.84 bits per heavy atom. The Hall–Kier alpha value is -2.58. The summed E-state index contributed by atoms with van der Waals surface area (Å²) < 4.78 is 38.5. The van der Waals surface area contributed by atoms with E-state index in [0.717, 1.165) is 16.9 Å². The lowest BCUT2D eigenvalue weighted by atomic mass is 9.96. The van der Waals surface area contributed by atoms with Gasteiger partial charge in [-0.2, -0.15) is 4.31 Å². The quantitative estimate of drug-likeness (QED) is 0.650. The summed E-state index contributed by atoms with van der Waals surface area (Å²) in [6, 6.07) is 12.3. The molecule has 0 aromatic heterocycles. The van der Waals surface area contributed by atoms with E-state index < -0.39 is 10.0 Å². The van der Waals surface area contributed by atoms with Crippen LogP contribution in [0, 0.1) is 12.8 Å². The minimum Gasteiger partial charge on any atom is -0.496 e. The molecular weight excluding hydrogens is 428 g/mol. The summed E-state index contributed by atoms with van der Waals surface area (Å²) in [7, 11) is -2.00. The summed E-state index contributed by atoms with van der Waals surface area (Å²) >= 11 is 0. The Balaban J connectivity index is 1.61. The number of ether oxygens (including phenoxy) is 2. The van der Waals surface area contributed by atoms with Crippen LogP contribution in [0.5, 0.6) is 11.5 Å². The number of nitrogens with zero attached hydrogens (tertiary/aromatic N) is 1. The summed E-state index contributed by atoms with van der Waals surface area (Å²) in [5.74, 6) is 1.14. The second-order valence-electron chi connectivity index (χ2n) is 8.01. The van der Waals surface area contributed by atoms with E-state index in [9.17, 15) is 13.2 Å². The van der Waals surface area contributed by atoms with E-state index in [1.54, 1.807) is 25.3 Å². The highest BCUT2D eigenvalue weighted by molar-refractivity contribution is 7.89. The van der Waals surface area contributed by atoms with Crippen LogP contribution in [0.4, 0.5) is 0 Å². The van der Waals surface area contributed by atoms with Gasteiger partial charge in [-0.25, -0.2) is 8.42 Å². The van der Waals surface area contributed by atoms with Gasteiger partial charge in [0.15, 0.2) is 0 Å². The monoisotopic (exact) mass is 460 g/mol. The van der Waals surface area contributed by atoms with Gasteiger partial charge in [-0.15, -0.1) is 0 Å². The lowest BCUT2D eigenvalue weighted by Crippen LogP contribution is -2.43. The van der Waals surface area contributed by atoms with Gasteiger partial charge in [0.05, 0.1) is 24.7 Å². The summed E-state index contributed by atoms with van der Waals surface area (Å²) in [5, 5.41) is 3.05. The van der Waals surface area contributed by atoms with E-state index in [-0.39, 0.29) is 22.8 Å². The fraction of sp³-hybridized carbons (Fsp3) is 0.458. The number of para-hydroxylation sites is 1. The SMILES string of the molecule is CCOc1ccc(S(=O)(=O)N2CCC(C(=O)N[C@@H](C)c3ccccc3OC)CC2)cc1C. The van der Waals surface area contributed by atoms with E-state index in [0.29, 0.717) is 38.3 Å². The third-order valence-electron chi connectivity index (χ3n) is 5.87. The largest absolute Gasteiger partial charge is 0.496 e. The molecule has 0 unspecified atom stereocenters. The molecule has 0 bridgehead atoms. The van der Waals surface area contributed by atoms with Crippen LogP contribution in [-0.4, -0.2) is 45.4 Å². The average Bonchev–Trinajstić information content (AvgIpc) is 2.80. The van der Waals surface area contributed by atoms with Gasteiger partial charge in [0.25, 0.3) is 0 Å². The van der Waals surface area contributed by atoms with Crippen molar-refractivity contribution in [3.05, 3.63) is 53.6 Å². The van der Waals surface area contributed by atoms with Crippen molar-refractivity contribution in [3.63, 3.8) is 0 Å². The molecule has 1 amide bonds. The second kappa shape index (κ2) is 10.4. The van der Waals surface area contributed by atoms with Gasteiger partial charge in [-0.3, -0.25) is 4.79 Å². The Labute approximate surface area is 190 Å². The van der Waals surface area contributed by atoms with Crippen molar-refractivity contribution in [2.75, 3.05) is 26.8 Å². The van der Waals surface area contributed by atoms with Gasteiger partial charge in [0.1, 0.15) is 11.5 Å². The smallest absolute Gasteiger partial charge is 0.243 e. The number of hydrogen-bond acceptors (Lipinski definition) is 5. The highest BCUT2D eigenvalue weighted by Gasteiger charge is 2.33. The van der Waals surface area contributed by atoms with Gasteiger partial charge in [0, 0.05) is 24.6 Å². The first-order chi connectivity index (χ1) is 15.3. The van der Waals surface area contributed by atoms with Crippen molar-refractivity contribution in [1.82, 2.24) is 9.62 Å². The number of piperidine rings is 1. The molecule has 0 saturated carbocycles. The first kappa shape index (κ1) is 24.1. The first-order valence-electron chi connectivity index (χ1n) is 10.9. The Morgan fingerprint density at radius 3 is 2.47 bits per heavy atom. The van der Waals surface area contributed by atoms with E-state index in [1.165, 1.54) is 4.31 Å². The molecule has 3 rings (SSSR count). The highest BCUT2D eigenvalue weighted by atomic mass is 32.2. The normalized spacial score (nSPS) is 16.4. The van der Waals surface area contributed by atoms with Crippen LogP contribution in [0.2, 0.25) is 0 Å². The number of carbonyl (C=O) groups excluding carboxylic acids is 1. The van der Waals surface area contributed by atoms with Gasteiger partial charge in [-0.1, -0.05) is 18.2 Å². The minimum absolute atomic E-state index is 0.0580. The second-order valence-corrected chi connectivity index (χ2v) is 9.95. The summed E-state index contributed by atoms with van der Waals surface area (Å²) in [5.41, 5.74) is 1.70. The lowest BCUT2D eigenvalue weighted by molar-refractivity contribution is -0.126. The Morgan fingerprint density at radius 1 is 1.16 bits per heavy atom. The molecule has 32 heavy (non-hydrogen) atoms. The van der Waals surface area contributed by atoms with Crippen LogP contribution in [0.15, 0.2) is 47.4 Å². The third kappa shape index (κ3) is 5.24. The van der Waals surface area contributed by atoms with Crippen molar-refractivity contribution >= 4 is 15.9 Å². The standard InChI is InChI=1S/C24H32N2O5S/c1-5-31-22-11-10-20(16-17(22)2)32(28,29)26-14-12-19(13-15-26)24(27)25-18(3)21-8-6-7-9-23(21)30-4/h6-11,16,18-19H,5,12-15H2,1-4H3,(H,25,27)/t18-/m0/s1. The number of nitrogens with one attached hydrogen (secondary N) is 1. The number of methoxy groups -OCH3 is 1. The van der Waals surface area contributed by atoms with Gasteiger partial charge in [0.2, 0.25) is 15.9 Å². The maximum absolute atomic E-state index is 13.1. The summed E-state index contributed by atoms with van der Waals surface area (Å²) in [6.07, 6.45) is 0.972. The van der Waals surface area contributed by atoms with Gasteiger partial charge >= 0.3 is 0 Å². The average molecular weight is 461 g/mol. The lowest BCUT2D eigenvalue weighted by Gasteiger charge is -2.31. The van der Waals surface area contributed by atoms with Gasteiger partial charge in [-0.05, 0) is 63.4 Å². The maximum Gasteiger partial charge on any atom is 0.243 e. The number of benzene rings is 2. The zero-order valence-corrected chi connectivity index (χ0v) is 19.9. The van der Waals surface area contributed by atoms with E-state index >= 15 is 0 Å². The van der Waals surface area contributed by atoms with Crippen LogP contribution >= 0.6 is 0 Å². The molecule has 1 heterocycles. The Bertz CT molecular complexity index is 1050. The molecule has 1 aliphatic heterocycles. The number of rotatable bonds is 8. The number of aryl methyl sites for hydroxylation is 1. The molecule has 174 valence electrons. The van der Waals surface area contributed by atoms with Gasteiger partial charge < -0.3 is 14.8 Å². The first-order valence-corrected chi connectivity index (χ1v) is 12.4. The fourth-order valence-electron chi connectivity index (χ4n) is 4.04. The Kier molecular flexibility index (Phi) is 7.79. The molecule has 8 heteroatoms. The number of sulfonamides is 1. The highest BCUT2D eigenvalue weighted by Crippen LogP contribution is 2.29. The van der Waals surface area contributed by atoms with Crippen molar-refractivity contribution in [2.45, 2.75) is 44.6 Å². The van der Waals surface area contributed by atoms with Crippen molar-refractivity contribution in [2.24, 2.45) is 5.92 Å². The van der Waals surface area contributed by atoms with E-state index in [4.69, 9.17) is 9.47 Å². The molecule has 0 spiro atoms. The maximum atomic E-state index is 13.1. The topological polar surface area (TPSA) is 84.9 Å². The van der Waals surface area contributed by atoms with Crippen LogP contribution in [0.25, 0.3) is 0 Å². The van der Waals surface area contributed by atoms with E-state index in [1.807, 2.05) is 45.0 Å². The minimum atomic E-state index is -3.61. The van der Waals surface area contributed by atoms with Crippen LogP contribution in [-0.2, 0) is 14.8 Å². The number of amides is 1. The van der Waals surface area contributed by atoms with Crippen molar-refractivity contribution in [1.29, 1.82) is 0 Å². The molecule has 2 aromatic rings. The van der Waals surface area contributed by atoms with E-state index in [2.05, 4.69) is 5.32 Å². The molecule has 0 radical (unpaired) electrons. The molecule has 2 aromatic carbocycles. The predicted molar refractivity (Wildman–Crippen MR) is 123 cm³/mol. The third-order valence-corrected chi connectivity index (χ3v) is 7.77. The summed E-state index contributed by atoms with van der Waals surface area (Å²) in [4.78, 5) is 13.1. The molecule has 0 aliphatic carbocycles. The zero-order chi connectivity index (χ0) is 23.3. The molecular formula is C24H32N2O5S. The fourth-order valence-corrected chi connectivity index (χ4v) is 5.60. The van der Waals surface area contributed by atoms with Crippen LogP contribution in [0.1, 0.15) is 43.9 Å². The van der Waals surface area contributed by atoms with Crippen molar-refractivity contribution < 1.29 is 22.7 Å². The molecule has 1 N–H and O–H groups in total. The molecule has 1 atom stereocenters. The van der Waals surface area contributed by atoms with Crippen LogP contribution in [0.3, 0.4) is 0 Å².